The van der Waals surface area contributed by atoms with E-state index in [4.69, 9.17) is 0 Å². The van der Waals surface area contributed by atoms with Gasteiger partial charge in [-0.05, 0) is 126 Å². The highest BCUT2D eigenvalue weighted by Crippen LogP contribution is 2.59. The fourth-order valence-corrected chi connectivity index (χ4v) is 8.56. The zero-order valence-electron chi connectivity index (χ0n) is 23.4. The third-order valence-electron chi connectivity index (χ3n) is 10.6. The molecule has 9 rings (SSSR count). The maximum absolute atomic E-state index is 2.59. The summed E-state index contributed by atoms with van der Waals surface area (Å²) in [6, 6.07) is 24.0. The summed E-state index contributed by atoms with van der Waals surface area (Å²) in [6.45, 7) is 12.0. The predicted octanol–water partition coefficient (Wildman–Crippen LogP) is 10.3. The third kappa shape index (κ3) is 2.48. The molecule has 4 aliphatic rings. The fourth-order valence-electron chi connectivity index (χ4n) is 8.56. The third-order valence-corrected chi connectivity index (χ3v) is 10.6. The zero-order chi connectivity index (χ0) is 26.4. The molecule has 39 heavy (non-hydrogen) atoms. The monoisotopic (exact) mass is 500 g/mol. The summed E-state index contributed by atoms with van der Waals surface area (Å²) in [7, 11) is 0. The molecule has 0 spiro atoms. The van der Waals surface area contributed by atoms with Crippen LogP contribution in [0.1, 0.15) is 78.6 Å². The number of aryl methyl sites for hydroxylation is 1. The molecule has 4 aliphatic carbocycles. The molecule has 0 bridgehead atoms. The van der Waals surface area contributed by atoms with Gasteiger partial charge in [0.25, 0.3) is 0 Å². The number of hydrogen-bond donors (Lipinski definition) is 0. The van der Waals surface area contributed by atoms with E-state index in [1.54, 1.807) is 0 Å². The highest BCUT2D eigenvalue weighted by atomic mass is 14.5. The minimum absolute atomic E-state index is 0.0393. The van der Waals surface area contributed by atoms with Crippen molar-refractivity contribution in [1.82, 2.24) is 0 Å². The summed E-state index contributed by atoms with van der Waals surface area (Å²) in [6.07, 6.45) is 9.22. The molecule has 5 aromatic carbocycles. The molecule has 0 heterocycles. The lowest BCUT2D eigenvalue weighted by Crippen LogP contribution is -2.17. The van der Waals surface area contributed by atoms with Crippen molar-refractivity contribution in [2.45, 2.75) is 58.3 Å². The van der Waals surface area contributed by atoms with Crippen LogP contribution >= 0.6 is 0 Å². The smallest absolute Gasteiger partial charge is 0.0159 e. The van der Waals surface area contributed by atoms with Gasteiger partial charge in [0.15, 0.2) is 0 Å². The molecule has 0 saturated carbocycles. The number of rotatable bonds is 0. The quantitative estimate of drug-likeness (QED) is 0.198. The Morgan fingerprint density at radius 1 is 0.615 bits per heavy atom. The van der Waals surface area contributed by atoms with E-state index >= 15 is 0 Å². The zero-order valence-corrected chi connectivity index (χ0v) is 23.4. The molecule has 0 fully saturated rings. The van der Waals surface area contributed by atoms with Gasteiger partial charge in [-0.1, -0.05) is 94.5 Å². The van der Waals surface area contributed by atoms with Crippen LogP contribution in [0.2, 0.25) is 0 Å². The van der Waals surface area contributed by atoms with Crippen LogP contribution in [0, 0.1) is 6.92 Å². The minimum atomic E-state index is -0.0441. The Hall–Kier alpha value is -3.90. The molecule has 5 aromatic rings. The molecule has 0 unspecified atom stereocenters. The molecule has 0 amide bonds. The average molecular weight is 501 g/mol. The van der Waals surface area contributed by atoms with Gasteiger partial charge in [0.2, 0.25) is 0 Å². The summed E-state index contributed by atoms with van der Waals surface area (Å²) in [4.78, 5) is 0. The van der Waals surface area contributed by atoms with Gasteiger partial charge < -0.3 is 0 Å². The molecule has 0 heteroatoms. The van der Waals surface area contributed by atoms with Gasteiger partial charge in [0, 0.05) is 10.8 Å². The molecule has 0 radical (unpaired) electrons. The SMILES string of the molecule is Cc1cc2c(c3ccccc13)-c1cc3c(cc1C2(C)C)-c1c(cc2c4c5c(ccc14)C=CCC5=CC2)C3(C)C. The summed E-state index contributed by atoms with van der Waals surface area (Å²) < 4.78 is 0. The van der Waals surface area contributed by atoms with Crippen LogP contribution in [-0.4, -0.2) is 0 Å². The van der Waals surface area contributed by atoms with Gasteiger partial charge in [-0.15, -0.1) is 0 Å². The van der Waals surface area contributed by atoms with E-state index in [0.29, 0.717) is 0 Å². The molecule has 0 N–H and O–H groups in total. The van der Waals surface area contributed by atoms with E-state index in [-0.39, 0.29) is 10.8 Å². The Morgan fingerprint density at radius 3 is 2.03 bits per heavy atom. The van der Waals surface area contributed by atoms with E-state index in [1.807, 2.05) is 0 Å². The van der Waals surface area contributed by atoms with Gasteiger partial charge >= 0.3 is 0 Å². The number of fused-ring (bicyclic) bond motifs is 9. The number of benzene rings is 5. The first kappa shape index (κ1) is 22.0. The first-order valence-electron chi connectivity index (χ1n) is 14.5. The number of allylic oxidation sites excluding steroid dienone is 3. The Bertz CT molecular complexity index is 2050. The highest BCUT2D eigenvalue weighted by Gasteiger charge is 2.43. The highest BCUT2D eigenvalue weighted by molar-refractivity contribution is 6.12. The van der Waals surface area contributed by atoms with Crippen LogP contribution in [-0.2, 0) is 17.3 Å². The Morgan fingerprint density at radius 2 is 1.28 bits per heavy atom. The molecule has 0 aliphatic heterocycles. The predicted molar refractivity (Wildman–Crippen MR) is 167 cm³/mol. The molecule has 0 aromatic heterocycles. The van der Waals surface area contributed by atoms with Crippen molar-refractivity contribution >= 4 is 33.2 Å². The van der Waals surface area contributed by atoms with Crippen LogP contribution < -0.4 is 0 Å². The lowest BCUT2D eigenvalue weighted by atomic mass is 9.76. The topological polar surface area (TPSA) is 0 Å². The maximum atomic E-state index is 2.59. The number of hydrogen-bond acceptors (Lipinski definition) is 0. The molecular formula is C39H32. The first-order chi connectivity index (χ1) is 18.8. The van der Waals surface area contributed by atoms with Gasteiger partial charge in [0.05, 0.1) is 0 Å². The largest absolute Gasteiger partial charge is 0.0795 e. The van der Waals surface area contributed by atoms with E-state index in [0.717, 1.165) is 12.8 Å². The summed E-state index contributed by atoms with van der Waals surface area (Å²) in [5.74, 6) is 0. The molecule has 0 saturated heterocycles. The summed E-state index contributed by atoms with van der Waals surface area (Å²) >= 11 is 0. The van der Waals surface area contributed by atoms with Gasteiger partial charge in [-0.3, -0.25) is 0 Å². The molecule has 0 atom stereocenters. The Labute approximate surface area is 230 Å². The standard InChI is InChI=1S/C39H32/c1-21-17-32-36(26-12-7-6-11-25(21)26)28-19-31-29(20-30(28)38(32,2)3)37-27-16-15-23-10-8-9-22-13-14-24(35(27)34(22)23)18-33(37)39(31,4)5/h6-8,10-13,15-20H,9,14H2,1-5H3. The van der Waals surface area contributed by atoms with Crippen molar-refractivity contribution in [3.8, 4) is 22.3 Å². The molecule has 188 valence electrons. The summed E-state index contributed by atoms with van der Waals surface area (Å²) in [5, 5.41) is 5.72. The normalized spacial score (nSPS) is 18.1. The summed E-state index contributed by atoms with van der Waals surface area (Å²) in [5.41, 5.74) is 18.9. The van der Waals surface area contributed by atoms with E-state index < -0.39 is 0 Å². The Kier molecular flexibility index (Phi) is 3.83. The second-order valence-electron chi connectivity index (χ2n) is 13.3. The minimum Gasteiger partial charge on any atom is -0.0795 e. The average Bonchev–Trinajstić information content (AvgIpc) is 3.30. The van der Waals surface area contributed by atoms with Gasteiger partial charge in [0.1, 0.15) is 0 Å². The van der Waals surface area contributed by atoms with Crippen molar-refractivity contribution in [1.29, 1.82) is 0 Å². The van der Waals surface area contributed by atoms with Crippen molar-refractivity contribution < 1.29 is 0 Å². The van der Waals surface area contributed by atoms with Crippen LogP contribution in [0.25, 0.3) is 55.4 Å². The van der Waals surface area contributed by atoms with Crippen molar-refractivity contribution in [2.24, 2.45) is 0 Å². The van der Waals surface area contributed by atoms with Crippen molar-refractivity contribution in [2.75, 3.05) is 0 Å². The second kappa shape index (κ2) is 6.80. The lowest BCUT2D eigenvalue weighted by molar-refractivity contribution is 0.651. The van der Waals surface area contributed by atoms with Crippen LogP contribution in [0.5, 0.6) is 0 Å². The van der Waals surface area contributed by atoms with E-state index in [9.17, 15) is 0 Å². The van der Waals surface area contributed by atoms with E-state index in [1.165, 1.54) is 93.9 Å². The molecule has 0 nitrogen and oxygen atoms in total. The van der Waals surface area contributed by atoms with Gasteiger partial charge in [-0.2, -0.15) is 0 Å². The maximum Gasteiger partial charge on any atom is 0.0159 e. The van der Waals surface area contributed by atoms with Crippen molar-refractivity contribution in [3.05, 3.63) is 117 Å². The fraction of sp³-hybridized carbons (Fsp3) is 0.231. The second-order valence-corrected chi connectivity index (χ2v) is 13.3. The van der Waals surface area contributed by atoms with E-state index in [2.05, 4.69) is 114 Å². The lowest BCUT2D eigenvalue weighted by Gasteiger charge is -2.27. The van der Waals surface area contributed by atoms with Crippen LogP contribution in [0.4, 0.5) is 0 Å². The van der Waals surface area contributed by atoms with Crippen molar-refractivity contribution in [3.63, 3.8) is 0 Å². The first-order valence-corrected chi connectivity index (χ1v) is 14.5. The van der Waals surface area contributed by atoms with Gasteiger partial charge in [-0.25, -0.2) is 0 Å². The van der Waals surface area contributed by atoms with Crippen LogP contribution in [0.15, 0.2) is 72.8 Å². The Balaban J connectivity index is 1.39. The van der Waals surface area contributed by atoms with Crippen LogP contribution in [0.3, 0.4) is 0 Å². The molecular weight excluding hydrogens is 468 g/mol.